The van der Waals surface area contributed by atoms with Crippen LogP contribution in [0.4, 0.5) is 0 Å². The van der Waals surface area contributed by atoms with E-state index in [1.807, 2.05) is 23.2 Å². The summed E-state index contributed by atoms with van der Waals surface area (Å²) in [7, 11) is 2.11. The molecule has 2 saturated heterocycles. The fourth-order valence-electron chi connectivity index (χ4n) is 5.28. The summed E-state index contributed by atoms with van der Waals surface area (Å²) < 4.78 is 0. The molecule has 5 nitrogen and oxygen atoms in total. The predicted molar refractivity (Wildman–Crippen MR) is 150 cm³/mol. The lowest BCUT2D eigenvalue weighted by molar-refractivity contribution is 0.0664. The van der Waals surface area contributed by atoms with Crippen molar-refractivity contribution >= 4 is 43.1 Å². The predicted octanol–water partition coefficient (Wildman–Crippen LogP) is 5.21. The number of aromatic nitrogens is 1. The Morgan fingerprint density at radius 2 is 1.46 bits per heavy atom. The number of likely N-dealkylation sites (tertiary alicyclic amines) is 1. The van der Waals surface area contributed by atoms with Crippen molar-refractivity contribution in [3.05, 3.63) is 53.9 Å². The van der Waals surface area contributed by atoms with Crippen LogP contribution >= 0.6 is 37.2 Å². The molecule has 0 unspecified atom stereocenters. The molecule has 5 rings (SSSR count). The Morgan fingerprint density at radius 3 is 2.00 bits per heavy atom. The fraction of sp³-hybridized carbons (Fsp3) is 0.556. The molecule has 1 aromatic carbocycles. The van der Waals surface area contributed by atoms with Gasteiger partial charge in [0, 0.05) is 55.2 Å². The minimum Gasteiger partial charge on any atom is -0.336 e. The second kappa shape index (κ2) is 13.8. The standard InChI is InChI=1S/C27H36N4O.3ClH/c1-29-15-17-31(18-16-29)27(32)23-7-5-22(6-8-23)24-9-10-25(28-20-24)19-21-11-13-30(14-12-21)26-3-2-4-26;;;/h5-10,20-21,26H,2-4,11-19H2,1H3;3*1H. The topological polar surface area (TPSA) is 39.7 Å². The molecular formula is C27H39Cl3N4O. The summed E-state index contributed by atoms with van der Waals surface area (Å²) in [4.78, 5) is 24.5. The van der Waals surface area contributed by atoms with Crippen molar-refractivity contribution in [2.24, 2.45) is 5.92 Å². The van der Waals surface area contributed by atoms with E-state index in [-0.39, 0.29) is 43.1 Å². The van der Waals surface area contributed by atoms with Crippen LogP contribution in [0.15, 0.2) is 42.6 Å². The Hall–Kier alpha value is -1.37. The van der Waals surface area contributed by atoms with E-state index in [1.165, 1.54) is 50.9 Å². The minimum atomic E-state index is 0. The van der Waals surface area contributed by atoms with Gasteiger partial charge in [-0.25, -0.2) is 0 Å². The molecule has 194 valence electrons. The number of carbonyl (C=O) groups is 1. The van der Waals surface area contributed by atoms with Crippen molar-refractivity contribution in [1.29, 1.82) is 0 Å². The summed E-state index contributed by atoms with van der Waals surface area (Å²) in [5.74, 6) is 0.908. The molecule has 3 fully saturated rings. The molecule has 3 aliphatic rings. The molecular weight excluding hydrogens is 503 g/mol. The zero-order chi connectivity index (χ0) is 21.9. The molecule has 0 N–H and O–H groups in total. The van der Waals surface area contributed by atoms with E-state index in [9.17, 15) is 4.79 Å². The maximum atomic E-state index is 12.8. The van der Waals surface area contributed by atoms with Crippen LogP contribution in [0.2, 0.25) is 0 Å². The molecule has 3 heterocycles. The van der Waals surface area contributed by atoms with Crippen LogP contribution < -0.4 is 0 Å². The molecule has 0 bridgehead atoms. The van der Waals surface area contributed by atoms with E-state index >= 15 is 0 Å². The van der Waals surface area contributed by atoms with Gasteiger partial charge >= 0.3 is 0 Å². The largest absolute Gasteiger partial charge is 0.336 e. The number of benzene rings is 1. The van der Waals surface area contributed by atoms with Crippen LogP contribution in [-0.4, -0.2) is 77.9 Å². The average molecular weight is 542 g/mol. The highest BCUT2D eigenvalue weighted by Crippen LogP contribution is 2.30. The first-order valence-corrected chi connectivity index (χ1v) is 12.4. The number of carbonyl (C=O) groups excluding carboxylic acids is 1. The summed E-state index contributed by atoms with van der Waals surface area (Å²) in [6.45, 7) is 6.05. The number of pyridine rings is 1. The highest BCUT2D eigenvalue weighted by atomic mass is 35.5. The van der Waals surface area contributed by atoms with Gasteiger partial charge in [-0.05, 0) is 81.9 Å². The molecule has 1 aliphatic carbocycles. The number of piperidine rings is 1. The summed E-state index contributed by atoms with van der Waals surface area (Å²) in [5, 5.41) is 0. The quantitative estimate of drug-likeness (QED) is 0.521. The fourth-order valence-corrected chi connectivity index (χ4v) is 5.28. The Morgan fingerprint density at radius 1 is 0.829 bits per heavy atom. The van der Waals surface area contributed by atoms with Crippen molar-refractivity contribution in [3.63, 3.8) is 0 Å². The number of piperazine rings is 1. The van der Waals surface area contributed by atoms with Crippen molar-refractivity contribution in [3.8, 4) is 11.1 Å². The van der Waals surface area contributed by atoms with Gasteiger partial charge in [-0.2, -0.15) is 0 Å². The van der Waals surface area contributed by atoms with Crippen molar-refractivity contribution < 1.29 is 4.79 Å². The third-order valence-corrected chi connectivity index (χ3v) is 7.82. The molecule has 0 radical (unpaired) electrons. The summed E-state index contributed by atoms with van der Waals surface area (Å²) in [5.41, 5.74) is 4.22. The average Bonchev–Trinajstić information content (AvgIpc) is 2.80. The van der Waals surface area contributed by atoms with Gasteiger partial charge in [-0.3, -0.25) is 9.78 Å². The van der Waals surface area contributed by atoms with Gasteiger partial charge in [0.05, 0.1) is 0 Å². The zero-order valence-corrected chi connectivity index (χ0v) is 23.1. The van der Waals surface area contributed by atoms with E-state index in [1.54, 1.807) is 0 Å². The molecule has 35 heavy (non-hydrogen) atoms. The minimum absolute atomic E-state index is 0. The molecule has 1 saturated carbocycles. The first-order chi connectivity index (χ1) is 15.7. The van der Waals surface area contributed by atoms with Crippen molar-refractivity contribution in [2.45, 2.75) is 44.6 Å². The highest BCUT2D eigenvalue weighted by Gasteiger charge is 2.28. The van der Waals surface area contributed by atoms with Crippen molar-refractivity contribution in [1.82, 2.24) is 19.7 Å². The number of amides is 1. The smallest absolute Gasteiger partial charge is 0.253 e. The van der Waals surface area contributed by atoms with Gasteiger partial charge in [0.1, 0.15) is 0 Å². The second-order valence-electron chi connectivity index (χ2n) is 9.98. The molecule has 8 heteroatoms. The van der Waals surface area contributed by atoms with E-state index in [2.05, 4.69) is 41.1 Å². The lowest BCUT2D eigenvalue weighted by atomic mass is 9.86. The van der Waals surface area contributed by atoms with Crippen LogP contribution in [-0.2, 0) is 6.42 Å². The normalized spacial score (nSPS) is 19.6. The Kier molecular flexibility index (Phi) is 11.8. The first kappa shape index (κ1) is 29.9. The second-order valence-corrected chi connectivity index (χ2v) is 9.98. The van der Waals surface area contributed by atoms with Gasteiger partial charge in [0.2, 0.25) is 0 Å². The molecule has 1 amide bonds. The van der Waals surface area contributed by atoms with Crippen LogP contribution in [0.5, 0.6) is 0 Å². The molecule has 2 aliphatic heterocycles. The summed E-state index contributed by atoms with van der Waals surface area (Å²) in [6.07, 6.45) is 9.96. The maximum Gasteiger partial charge on any atom is 0.253 e. The number of hydrogen-bond donors (Lipinski definition) is 0. The Bertz CT molecular complexity index is 905. The number of nitrogens with zero attached hydrogens (tertiary/aromatic N) is 4. The summed E-state index contributed by atoms with van der Waals surface area (Å²) in [6, 6.07) is 13.3. The third-order valence-electron chi connectivity index (χ3n) is 7.82. The van der Waals surface area contributed by atoms with E-state index in [0.717, 1.165) is 61.2 Å². The lowest BCUT2D eigenvalue weighted by Gasteiger charge is -2.41. The molecule has 1 aromatic heterocycles. The number of halogens is 3. The van der Waals surface area contributed by atoms with E-state index in [4.69, 9.17) is 4.98 Å². The van der Waals surface area contributed by atoms with Crippen LogP contribution in [0.25, 0.3) is 11.1 Å². The zero-order valence-electron chi connectivity index (χ0n) is 20.6. The van der Waals surface area contributed by atoms with Gasteiger partial charge in [0.15, 0.2) is 0 Å². The third kappa shape index (κ3) is 7.33. The van der Waals surface area contributed by atoms with Gasteiger partial charge in [-0.1, -0.05) is 24.6 Å². The van der Waals surface area contributed by atoms with Crippen molar-refractivity contribution in [2.75, 3.05) is 46.3 Å². The van der Waals surface area contributed by atoms with Crippen LogP contribution in [0, 0.1) is 5.92 Å². The molecule has 0 atom stereocenters. The maximum absolute atomic E-state index is 12.8. The lowest BCUT2D eigenvalue weighted by Crippen LogP contribution is -2.47. The molecule has 2 aromatic rings. The van der Waals surface area contributed by atoms with Gasteiger partial charge < -0.3 is 14.7 Å². The first-order valence-electron chi connectivity index (χ1n) is 12.4. The van der Waals surface area contributed by atoms with Gasteiger partial charge in [-0.15, -0.1) is 37.2 Å². The van der Waals surface area contributed by atoms with E-state index in [0.29, 0.717) is 0 Å². The van der Waals surface area contributed by atoms with E-state index < -0.39 is 0 Å². The monoisotopic (exact) mass is 540 g/mol. The Labute approximate surface area is 228 Å². The highest BCUT2D eigenvalue weighted by molar-refractivity contribution is 5.94. The Balaban J connectivity index is 0.00000144. The number of hydrogen-bond acceptors (Lipinski definition) is 4. The van der Waals surface area contributed by atoms with Gasteiger partial charge in [0.25, 0.3) is 5.91 Å². The van der Waals surface area contributed by atoms with Crippen LogP contribution in [0.1, 0.15) is 48.2 Å². The summed E-state index contributed by atoms with van der Waals surface area (Å²) >= 11 is 0. The van der Waals surface area contributed by atoms with Crippen LogP contribution in [0.3, 0.4) is 0 Å². The SMILES string of the molecule is CN1CCN(C(=O)c2ccc(-c3ccc(CC4CCN(C5CCC5)CC4)nc3)cc2)CC1.Cl.Cl.Cl. The number of rotatable bonds is 5. The number of likely N-dealkylation sites (N-methyl/N-ethyl adjacent to an activating group) is 1. The molecule has 0 spiro atoms.